The number of carbonyl (C=O) groups is 4. The average molecular weight is 815 g/mol. The number of oxime groups is 1. The molecule has 2 aromatic carbocycles. The van der Waals surface area contributed by atoms with Crippen molar-refractivity contribution in [2.24, 2.45) is 5.16 Å². The van der Waals surface area contributed by atoms with E-state index in [1.54, 1.807) is 81.4 Å². The van der Waals surface area contributed by atoms with Crippen molar-refractivity contribution in [3.05, 3.63) is 89.1 Å². The monoisotopic (exact) mass is 814 g/mol. The number of nitrogens with one attached hydrogen (secondary N) is 2. The summed E-state index contributed by atoms with van der Waals surface area (Å²) in [5, 5.41) is 8.22. The molecule has 0 aliphatic carbocycles. The van der Waals surface area contributed by atoms with E-state index in [4.69, 9.17) is 23.2 Å². The Morgan fingerprint density at radius 3 is 2.31 bits per heavy atom. The summed E-state index contributed by atoms with van der Waals surface area (Å²) in [6, 6.07) is 16.6. The van der Waals surface area contributed by atoms with Crippen LogP contribution in [0.2, 0.25) is 0 Å². The number of carbonyl (C=O) groups excluding carboxylic acids is 4. The average Bonchev–Trinajstić information content (AvgIpc) is 3.59. The third-order valence-corrected chi connectivity index (χ3v) is 10.3. The van der Waals surface area contributed by atoms with Gasteiger partial charge in [-0.25, -0.2) is 9.59 Å². The van der Waals surface area contributed by atoms with Gasteiger partial charge < -0.3 is 28.5 Å². The quantitative estimate of drug-likeness (QED) is 0.0868. The molecule has 3 atom stereocenters. The summed E-state index contributed by atoms with van der Waals surface area (Å²) >= 11 is 1.82. The van der Waals surface area contributed by atoms with Crippen LogP contribution in [0.25, 0.3) is 0 Å². The van der Waals surface area contributed by atoms with Gasteiger partial charge in [0.15, 0.2) is 17.6 Å². The molecule has 0 radical (unpaired) electrons. The number of amides is 3. The third kappa shape index (κ3) is 9.99. The van der Waals surface area contributed by atoms with Crippen LogP contribution in [0, 0.1) is 0 Å². The number of β-lactam (4-membered cyclic amide) rings is 1. The van der Waals surface area contributed by atoms with Gasteiger partial charge in [0.25, 0.3) is 11.8 Å². The van der Waals surface area contributed by atoms with Crippen molar-refractivity contribution in [3.63, 3.8) is 0 Å². The van der Waals surface area contributed by atoms with E-state index < -0.39 is 74.8 Å². The van der Waals surface area contributed by atoms with Crippen LogP contribution in [0.4, 0.5) is 9.93 Å². The summed E-state index contributed by atoms with van der Waals surface area (Å²) in [4.78, 5) is 64.9. The van der Waals surface area contributed by atoms with Crippen LogP contribution >= 0.6 is 23.3 Å². The van der Waals surface area contributed by atoms with Crippen molar-refractivity contribution in [1.29, 1.82) is 0 Å². The molecule has 3 aromatic rings. The first-order valence-electron chi connectivity index (χ1n) is 17.1. The maximum atomic E-state index is 14.1. The zero-order valence-electron chi connectivity index (χ0n) is 30.1. The highest BCUT2D eigenvalue weighted by molar-refractivity contribution is 8.00. The van der Waals surface area contributed by atoms with Gasteiger partial charge in [-0.05, 0) is 44.7 Å². The summed E-state index contributed by atoms with van der Waals surface area (Å²) in [6.45, 7) is 5.52. The zero-order valence-corrected chi connectivity index (χ0v) is 32.6. The fraction of sp³-hybridized carbons (Fsp3) is 0.400. The van der Waals surface area contributed by atoms with Gasteiger partial charge in [-0.2, -0.15) is 17.8 Å². The van der Waals surface area contributed by atoms with E-state index in [0.717, 1.165) is 47.3 Å². The molecule has 0 saturated carbocycles. The van der Waals surface area contributed by atoms with Crippen LogP contribution < -0.4 is 10.6 Å². The van der Waals surface area contributed by atoms with Gasteiger partial charge in [0.2, 0.25) is 23.0 Å². The molecule has 2 fully saturated rings. The standard InChI is InChI=1S/C35H38N6O11S3/c1-35(2,3)50-34(45)38-33-37-28(40-54-33)24(39-51-23-17-11-12-18-48-23)29(42)36-25-30(43)41-26(22(19-53-31(25)41)52-55(4,46)47)32(44)49-27(20-13-7-5-8-14-20)21-15-9-6-10-16-21/h5-10,13-16,23,25,27,31H,11-12,17-19H2,1-4H3,(H,36,42)(H,37,38,40,45)/t23?,25-,31-/m1/s1. The smallest absolute Gasteiger partial charge is 0.414 e. The summed E-state index contributed by atoms with van der Waals surface area (Å²) in [6.07, 6.45) is 0.526. The van der Waals surface area contributed by atoms with Crippen LogP contribution in [0.15, 0.2) is 77.3 Å². The second kappa shape index (κ2) is 16.8. The number of ether oxygens (including phenoxy) is 3. The minimum Gasteiger partial charge on any atom is -0.448 e. The molecule has 4 heterocycles. The Morgan fingerprint density at radius 1 is 1.04 bits per heavy atom. The van der Waals surface area contributed by atoms with Crippen molar-refractivity contribution in [2.45, 2.75) is 69.4 Å². The van der Waals surface area contributed by atoms with Crippen molar-refractivity contribution in [2.75, 3.05) is 23.9 Å². The number of aromatic nitrogens is 2. The topological polar surface area (TPSA) is 214 Å². The van der Waals surface area contributed by atoms with E-state index in [0.29, 0.717) is 24.2 Å². The number of thioether (sulfide) groups is 1. The summed E-state index contributed by atoms with van der Waals surface area (Å²) < 4.78 is 50.8. The molecule has 17 nitrogen and oxygen atoms in total. The van der Waals surface area contributed by atoms with E-state index in [1.165, 1.54) is 0 Å². The largest absolute Gasteiger partial charge is 0.448 e. The highest BCUT2D eigenvalue weighted by Gasteiger charge is 2.56. The zero-order chi connectivity index (χ0) is 39.3. The molecule has 3 aliphatic rings. The first kappa shape index (κ1) is 39.6. The first-order chi connectivity index (χ1) is 26.2. The Hall–Kier alpha value is -5.05. The van der Waals surface area contributed by atoms with Crippen LogP contribution in [0.1, 0.15) is 63.1 Å². The predicted molar refractivity (Wildman–Crippen MR) is 200 cm³/mol. The molecule has 2 saturated heterocycles. The number of hydrogen-bond donors (Lipinski definition) is 2. The molecule has 3 amide bonds. The number of rotatable bonds is 12. The van der Waals surface area contributed by atoms with Crippen LogP contribution in [0.5, 0.6) is 0 Å². The van der Waals surface area contributed by atoms with E-state index in [-0.39, 0.29) is 22.5 Å². The lowest BCUT2D eigenvalue weighted by Crippen LogP contribution is -2.71. The SMILES string of the molecule is CC(C)(C)OC(=O)Nc1nc(C(=NOC2CCCCO2)C(=O)N[C@@H]2C(=O)N3C(C(=O)OC(c4ccccc4)c4ccccc4)=C(OS(C)(=O)=O)CS[C@H]23)ns1. The lowest BCUT2D eigenvalue weighted by molar-refractivity contribution is -0.162. The molecule has 2 N–H and O–H groups in total. The molecule has 0 bridgehead atoms. The van der Waals surface area contributed by atoms with Gasteiger partial charge in [-0.1, -0.05) is 65.8 Å². The molecule has 20 heteroatoms. The number of benzene rings is 2. The van der Waals surface area contributed by atoms with Gasteiger partial charge in [0.05, 0.1) is 18.6 Å². The highest BCUT2D eigenvalue weighted by atomic mass is 32.2. The number of fused-ring (bicyclic) bond motifs is 1. The van der Waals surface area contributed by atoms with Gasteiger partial charge in [-0.15, -0.1) is 11.8 Å². The molecule has 1 aromatic heterocycles. The van der Waals surface area contributed by atoms with E-state index in [1.807, 2.05) is 0 Å². The Morgan fingerprint density at radius 2 is 1.71 bits per heavy atom. The van der Waals surface area contributed by atoms with E-state index in [9.17, 15) is 27.6 Å². The van der Waals surface area contributed by atoms with Crippen molar-refractivity contribution >= 4 is 68.1 Å². The summed E-state index contributed by atoms with van der Waals surface area (Å²) in [7, 11) is -4.14. The minimum atomic E-state index is -4.14. The summed E-state index contributed by atoms with van der Waals surface area (Å²) in [5.41, 5.74) is -0.356. The van der Waals surface area contributed by atoms with Crippen LogP contribution in [-0.2, 0) is 47.7 Å². The Balaban J connectivity index is 1.24. The predicted octanol–water partition coefficient (Wildman–Crippen LogP) is 4.05. The van der Waals surface area contributed by atoms with Crippen LogP contribution in [-0.4, -0.2) is 94.2 Å². The Labute approximate surface area is 325 Å². The van der Waals surface area contributed by atoms with Crippen LogP contribution in [0.3, 0.4) is 0 Å². The highest BCUT2D eigenvalue weighted by Crippen LogP contribution is 2.42. The van der Waals surface area contributed by atoms with E-state index >= 15 is 0 Å². The number of esters is 1. The molecule has 0 spiro atoms. The maximum Gasteiger partial charge on any atom is 0.414 e. The molecule has 6 rings (SSSR count). The van der Waals surface area contributed by atoms with Crippen molar-refractivity contribution in [1.82, 2.24) is 19.6 Å². The lowest BCUT2D eigenvalue weighted by atomic mass is 10.0. The molecule has 1 unspecified atom stereocenters. The third-order valence-electron chi connectivity index (χ3n) is 7.96. The number of nitrogens with zero attached hydrogens (tertiary/aromatic N) is 4. The van der Waals surface area contributed by atoms with Crippen molar-refractivity contribution in [3.8, 4) is 0 Å². The van der Waals surface area contributed by atoms with Gasteiger partial charge in [0.1, 0.15) is 17.0 Å². The van der Waals surface area contributed by atoms with Crippen molar-refractivity contribution < 1.29 is 50.8 Å². The second-order valence-corrected chi connectivity index (χ2v) is 16.9. The minimum absolute atomic E-state index is 0.00315. The van der Waals surface area contributed by atoms with E-state index in [2.05, 4.69) is 25.1 Å². The molecular formula is C35H38N6O11S3. The summed E-state index contributed by atoms with van der Waals surface area (Å²) in [5.74, 6) is -3.35. The second-order valence-electron chi connectivity index (χ2n) is 13.4. The maximum absolute atomic E-state index is 14.1. The number of anilines is 1. The van der Waals surface area contributed by atoms with Gasteiger partial charge in [-0.3, -0.25) is 19.8 Å². The number of hydrogen-bond acceptors (Lipinski definition) is 16. The van der Waals surface area contributed by atoms with Gasteiger partial charge in [0, 0.05) is 18.0 Å². The normalized spacial score (nSPS) is 20.2. The fourth-order valence-electron chi connectivity index (χ4n) is 5.64. The molecule has 3 aliphatic heterocycles. The Bertz CT molecular complexity index is 2040. The Kier molecular flexibility index (Phi) is 12.1. The molecular weight excluding hydrogens is 777 g/mol. The molecule has 292 valence electrons. The lowest BCUT2D eigenvalue weighted by Gasteiger charge is -2.49. The fourth-order valence-corrected chi connectivity index (χ4v) is 8.02. The molecule has 55 heavy (non-hydrogen) atoms. The van der Waals surface area contributed by atoms with Gasteiger partial charge >= 0.3 is 22.2 Å². The first-order valence-corrected chi connectivity index (χ1v) is 20.7.